The van der Waals surface area contributed by atoms with Crippen molar-refractivity contribution < 1.29 is 9.59 Å². The quantitative estimate of drug-likeness (QED) is 0.771. The molecule has 72 valence electrons. The molecule has 0 aliphatic carbocycles. The molecule has 0 atom stereocenters. The molecule has 0 saturated carbocycles. The zero-order valence-corrected chi connectivity index (χ0v) is 9.47. The van der Waals surface area contributed by atoms with Gasteiger partial charge in [-0.1, -0.05) is 0 Å². The molecule has 5 heteroatoms. The van der Waals surface area contributed by atoms with Gasteiger partial charge in [0.1, 0.15) is 0 Å². The van der Waals surface area contributed by atoms with E-state index in [1.54, 1.807) is 0 Å². The molecule has 1 aliphatic rings. The zero-order valence-electron chi connectivity index (χ0n) is 7.07. The van der Waals surface area contributed by atoms with Crippen molar-refractivity contribution in [1.82, 2.24) is 4.90 Å². The molecule has 0 N–H and O–H groups in total. The van der Waals surface area contributed by atoms with Crippen LogP contribution in [0.1, 0.15) is 4.88 Å². The summed E-state index contributed by atoms with van der Waals surface area (Å²) in [4.78, 5) is 24.7. The number of carbonyl (C=O) groups is 2. The highest BCUT2D eigenvalue weighted by atomic mass is 79.9. The summed E-state index contributed by atoms with van der Waals surface area (Å²) in [6, 6.07) is 1.90. The summed E-state index contributed by atoms with van der Waals surface area (Å²) in [5.41, 5.74) is 0. The van der Waals surface area contributed by atoms with Gasteiger partial charge in [-0.2, -0.15) is 0 Å². The Balaban J connectivity index is 2.16. The highest BCUT2D eigenvalue weighted by Crippen LogP contribution is 2.25. The molecule has 0 saturated heterocycles. The topological polar surface area (TPSA) is 37.4 Å². The van der Waals surface area contributed by atoms with E-state index in [9.17, 15) is 9.59 Å². The van der Waals surface area contributed by atoms with Crippen LogP contribution in [0.15, 0.2) is 28.1 Å². The largest absolute Gasteiger partial charge is 0.270 e. The minimum atomic E-state index is -0.240. The Morgan fingerprint density at radius 3 is 2.43 bits per heavy atom. The van der Waals surface area contributed by atoms with Crippen LogP contribution in [-0.2, 0) is 16.1 Å². The maximum atomic E-state index is 11.2. The van der Waals surface area contributed by atoms with E-state index >= 15 is 0 Å². The number of hydrogen-bond acceptors (Lipinski definition) is 3. The van der Waals surface area contributed by atoms with Crippen molar-refractivity contribution in [1.29, 1.82) is 0 Å². The van der Waals surface area contributed by atoms with Gasteiger partial charge in [-0.05, 0) is 27.4 Å². The van der Waals surface area contributed by atoms with Crippen LogP contribution in [0, 0.1) is 0 Å². The molecular formula is C9H6BrNO2S. The summed E-state index contributed by atoms with van der Waals surface area (Å²) >= 11 is 4.87. The molecule has 0 radical (unpaired) electrons. The normalized spacial score (nSPS) is 15.6. The number of carbonyl (C=O) groups excluding carboxylic acids is 2. The maximum absolute atomic E-state index is 11.2. The lowest BCUT2D eigenvalue weighted by atomic mass is 10.4. The molecule has 0 fully saturated rings. The third-order valence-corrected chi connectivity index (χ3v) is 3.80. The van der Waals surface area contributed by atoms with Crippen LogP contribution in [0.4, 0.5) is 0 Å². The number of hydrogen-bond donors (Lipinski definition) is 0. The number of imide groups is 1. The predicted molar refractivity (Wildman–Crippen MR) is 56.7 cm³/mol. The van der Waals surface area contributed by atoms with Crippen LogP contribution in [0.25, 0.3) is 0 Å². The predicted octanol–water partition coefficient (Wildman–Crippen LogP) is 1.94. The van der Waals surface area contributed by atoms with Crippen molar-refractivity contribution in [2.75, 3.05) is 0 Å². The molecule has 1 aromatic heterocycles. The highest BCUT2D eigenvalue weighted by Gasteiger charge is 2.24. The zero-order chi connectivity index (χ0) is 10.1. The van der Waals surface area contributed by atoms with Crippen LogP contribution >= 0.6 is 27.3 Å². The van der Waals surface area contributed by atoms with Gasteiger partial charge >= 0.3 is 0 Å². The third kappa shape index (κ3) is 1.65. The lowest BCUT2D eigenvalue weighted by Gasteiger charge is -2.12. The smallest absolute Gasteiger partial charge is 0.253 e. The molecule has 0 aromatic carbocycles. The van der Waals surface area contributed by atoms with Crippen LogP contribution in [0.2, 0.25) is 0 Å². The Hall–Kier alpha value is -0.940. The summed E-state index contributed by atoms with van der Waals surface area (Å²) in [6.45, 7) is 0.350. The molecule has 1 aliphatic heterocycles. The van der Waals surface area contributed by atoms with Gasteiger partial charge in [-0.25, -0.2) is 0 Å². The van der Waals surface area contributed by atoms with Gasteiger partial charge in [0.2, 0.25) is 0 Å². The van der Waals surface area contributed by atoms with Gasteiger partial charge in [0.05, 0.1) is 6.54 Å². The summed E-state index contributed by atoms with van der Waals surface area (Å²) in [7, 11) is 0. The van der Waals surface area contributed by atoms with E-state index in [4.69, 9.17) is 0 Å². The van der Waals surface area contributed by atoms with Crippen LogP contribution in [-0.4, -0.2) is 16.7 Å². The molecule has 0 unspecified atom stereocenters. The second-order valence-electron chi connectivity index (χ2n) is 2.79. The second kappa shape index (κ2) is 3.67. The lowest BCUT2D eigenvalue weighted by molar-refractivity contribution is -0.137. The first-order valence-electron chi connectivity index (χ1n) is 3.94. The summed E-state index contributed by atoms with van der Waals surface area (Å²) in [6.07, 6.45) is 2.59. The first-order chi connectivity index (χ1) is 6.68. The summed E-state index contributed by atoms with van der Waals surface area (Å²) < 4.78 is 0.940. The Morgan fingerprint density at radius 1 is 1.29 bits per heavy atom. The van der Waals surface area contributed by atoms with Gasteiger partial charge in [-0.3, -0.25) is 14.5 Å². The van der Waals surface area contributed by atoms with Crippen LogP contribution in [0.5, 0.6) is 0 Å². The van der Waals surface area contributed by atoms with E-state index in [0.29, 0.717) is 6.54 Å². The summed E-state index contributed by atoms with van der Waals surface area (Å²) in [5.74, 6) is -0.481. The number of nitrogens with zero attached hydrogens (tertiary/aromatic N) is 1. The SMILES string of the molecule is O=C1C=CC(=O)N1Cc1sccc1Br. The minimum absolute atomic E-state index is 0.240. The van der Waals surface area contributed by atoms with Crippen molar-refractivity contribution in [3.05, 3.63) is 32.9 Å². The molecule has 0 bridgehead atoms. The molecule has 0 spiro atoms. The van der Waals surface area contributed by atoms with Crippen molar-refractivity contribution in [2.45, 2.75) is 6.54 Å². The number of rotatable bonds is 2. The lowest BCUT2D eigenvalue weighted by Crippen LogP contribution is -2.28. The van der Waals surface area contributed by atoms with Gasteiger partial charge < -0.3 is 0 Å². The van der Waals surface area contributed by atoms with E-state index in [1.807, 2.05) is 11.4 Å². The fourth-order valence-corrected chi connectivity index (χ4v) is 2.63. The first-order valence-corrected chi connectivity index (χ1v) is 5.61. The average Bonchev–Trinajstić information content (AvgIpc) is 2.67. The number of amides is 2. The van der Waals surface area contributed by atoms with Crippen LogP contribution < -0.4 is 0 Å². The third-order valence-electron chi connectivity index (χ3n) is 1.89. The van der Waals surface area contributed by atoms with E-state index in [1.165, 1.54) is 28.4 Å². The fraction of sp³-hybridized carbons (Fsp3) is 0.111. The minimum Gasteiger partial charge on any atom is -0.270 e. The number of halogens is 1. The molecule has 14 heavy (non-hydrogen) atoms. The maximum Gasteiger partial charge on any atom is 0.253 e. The van der Waals surface area contributed by atoms with Crippen molar-refractivity contribution in [3.63, 3.8) is 0 Å². The van der Waals surface area contributed by atoms with Gasteiger partial charge in [0.25, 0.3) is 11.8 Å². The Kier molecular flexibility index (Phi) is 2.52. The Bertz CT molecular complexity index is 406. The standard InChI is InChI=1S/C9H6BrNO2S/c10-6-3-4-14-7(6)5-11-8(12)1-2-9(11)13/h1-4H,5H2. The fourth-order valence-electron chi connectivity index (χ4n) is 1.17. The Labute approximate surface area is 93.2 Å². The molecule has 2 amide bonds. The van der Waals surface area contributed by atoms with Crippen LogP contribution in [0.3, 0.4) is 0 Å². The summed E-state index contributed by atoms with van der Waals surface area (Å²) in [5, 5.41) is 1.91. The van der Waals surface area contributed by atoms with E-state index in [2.05, 4.69) is 15.9 Å². The van der Waals surface area contributed by atoms with Crippen molar-refractivity contribution in [2.24, 2.45) is 0 Å². The Morgan fingerprint density at radius 2 is 1.93 bits per heavy atom. The molecular weight excluding hydrogens is 266 g/mol. The van der Waals surface area contributed by atoms with Gasteiger partial charge in [0, 0.05) is 21.5 Å². The van der Waals surface area contributed by atoms with Gasteiger partial charge in [-0.15, -0.1) is 11.3 Å². The molecule has 2 rings (SSSR count). The highest BCUT2D eigenvalue weighted by molar-refractivity contribution is 9.10. The average molecular weight is 272 g/mol. The molecule has 1 aromatic rings. The van der Waals surface area contributed by atoms with E-state index in [0.717, 1.165) is 9.35 Å². The number of thiophene rings is 1. The second-order valence-corrected chi connectivity index (χ2v) is 4.64. The first kappa shape index (κ1) is 9.61. The van der Waals surface area contributed by atoms with Gasteiger partial charge in [0.15, 0.2) is 0 Å². The molecule has 2 heterocycles. The van der Waals surface area contributed by atoms with Crippen molar-refractivity contribution in [3.8, 4) is 0 Å². The van der Waals surface area contributed by atoms with E-state index < -0.39 is 0 Å². The van der Waals surface area contributed by atoms with E-state index in [-0.39, 0.29) is 11.8 Å². The van der Waals surface area contributed by atoms with Crippen molar-refractivity contribution >= 4 is 39.1 Å². The monoisotopic (exact) mass is 271 g/mol. The molecule has 3 nitrogen and oxygen atoms in total.